The van der Waals surface area contributed by atoms with Crippen LogP contribution >= 0.6 is 0 Å². The Hall–Kier alpha value is -1.51. The summed E-state index contributed by atoms with van der Waals surface area (Å²) in [5.74, 6) is 0. The molecule has 0 aromatic heterocycles. The van der Waals surface area contributed by atoms with Crippen LogP contribution in [0.15, 0.2) is 65.8 Å². The molecule has 0 amide bonds. The van der Waals surface area contributed by atoms with Crippen molar-refractivity contribution in [2.75, 3.05) is 0 Å². The van der Waals surface area contributed by atoms with Crippen molar-refractivity contribution < 1.29 is 46.5 Å². The van der Waals surface area contributed by atoms with Gasteiger partial charge in [0.25, 0.3) is 0 Å². The Bertz CT molecular complexity index is 1120. The molecule has 31 heavy (non-hydrogen) atoms. The van der Waals surface area contributed by atoms with Crippen LogP contribution in [-0.4, -0.2) is 0 Å². The Balaban J connectivity index is 0.00000160. The molecule has 0 atom stereocenters. The molecule has 1 aliphatic carbocycles. The van der Waals surface area contributed by atoms with Crippen molar-refractivity contribution in [3.8, 4) is 0 Å². The van der Waals surface area contributed by atoms with E-state index in [0.717, 1.165) is 12.1 Å². The van der Waals surface area contributed by atoms with Gasteiger partial charge in [0.15, 0.2) is 0 Å². The fraction of sp³-hybridized carbons (Fsp3) is 0.259. The fourth-order valence-electron chi connectivity index (χ4n) is 4.60. The molecule has 159 valence electrons. The maximum Gasteiger partial charge on any atom is 3.00 e. The van der Waals surface area contributed by atoms with Crippen LogP contribution in [-0.2, 0) is 28.3 Å². The largest absolute Gasteiger partial charge is 3.00 e. The van der Waals surface area contributed by atoms with Gasteiger partial charge in [0.05, 0.1) is 0 Å². The van der Waals surface area contributed by atoms with E-state index in [0.29, 0.717) is 6.54 Å². The third-order valence-electron chi connectivity index (χ3n) is 5.79. The van der Waals surface area contributed by atoms with Gasteiger partial charge in [0, 0.05) is 0 Å². The van der Waals surface area contributed by atoms with Gasteiger partial charge in [-0.1, -0.05) is 82.4 Å². The number of halogens is 2. The van der Waals surface area contributed by atoms with Crippen LogP contribution in [0.25, 0.3) is 21.7 Å². The van der Waals surface area contributed by atoms with E-state index in [1.165, 1.54) is 55.3 Å². The molecule has 0 saturated heterocycles. The van der Waals surface area contributed by atoms with Crippen LogP contribution in [0.3, 0.4) is 0 Å². The smallest absolute Gasteiger partial charge is 1.00 e. The summed E-state index contributed by atoms with van der Waals surface area (Å²) in [6.45, 7) is 11.6. The summed E-state index contributed by atoms with van der Waals surface area (Å²) in [7, 11) is 0. The second-order valence-electron chi connectivity index (χ2n) is 8.21. The summed E-state index contributed by atoms with van der Waals surface area (Å²) in [5, 5.41) is 7.71. The summed E-state index contributed by atoms with van der Waals surface area (Å²) >= 11 is 0. The number of rotatable bonds is 4. The molecular formula is C27H28Cl2NTi. The van der Waals surface area contributed by atoms with E-state index in [-0.39, 0.29) is 46.5 Å². The number of hydrogen-bond donors (Lipinski definition) is 0. The van der Waals surface area contributed by atoms with Crippen molar-refractivity contribution in [2.45, 2.75) is 47.6 Å². The van der Waals surface area contributed by atoms with Gasteiger partial charge >= 0.3 is 21.7 Å². The molecule has 0 saturated carbocycles. The van der Waals surface area contributed by atoms with Crippen molar-refractivity contribution in [2.24, 2.45) is 0 Å². The van der Waals surface area contributed by atoms with Gasteiger partial charge in [0.1, 0.15) is 0 Å². The van der Waals surface area contributed by atoms with Gasteiger partial charge in [-0.15, -0.1) is 12.2 Å². The van der Waals surface area contributed by atoms with Crippen molar-refractivity contribution in [3.05, 3.63) is 98.9 Å². The van der Waals surface area contributed by atoms with E-state index in [4.69, 9.17) is 5.32 Å². The molecule has 1 radical (unpaired) electrons. The number of nitrogens with zero attached hydrogens (tertiary/aromatic N) is 1. The standard InChI is InChI=1S/C27H28N.2ClH.Ti/c1-17-13-20(4)27(21(5)14-17)28-16-26-23-9-7-6-8-22(23)10-11-24(26)25-15-18(2)12-19(25)3;;;/h6-14H,15-16H2,1-5H3;2*1H;/q-1;;;+3/p-2. The molecule has 0 bridgehead atoms. The van der Waals surface area contributed by atoms with E-state index in [2.05, 4.69) is 89.2 Å². The second-order valence-corrected chi connectivity index (χ2v) is 8.21. The predicted molar refractivity (Wildman–Crippen MR) is 122 cm³/mol. The minimum absolute atomic E-state index is 0. The van der Waals surface area contributed by atoms with Crippen LogP contribution in [0, 0.1) is 20.8 Å². The van der Waals surface area contributed by atoms with Gasteiger partial charge in [0.2, 0.25) is 0 Å². The van der Waals surface area contributed by atoms with Gasteiger partial charge < -0.3 is 30.1 Å². The normalized spacial score (nSPS) is 12.6. The summed E-state index contributed by atoms with van der Waals surface area (Å²) in [6.07, 6.45) is 3.36. The zero-order valence-electron chi connectivity index (χ0n) is 18.8. The quantitative estimate of drug-likeness (QED) is 0.503. The molecule has 4 rings (SSSR count). The molecule has 0 unspecified atom stereocenters. The first-order chi connectivity index (χ1) is 13.4. The van der Waals surface area contributed by atoms with E-state index in [9.17, 15) is 0 Å². The van der Waals surface area contributed by atoms with Gasteiger partial charge in [-0.2, -0.15) is 0 Å². The Morgan fingerprint density at radius 3 is 2.10 bits per heavy atom. The van der Waals surface area contributed by atoms with Crippen LogP contribution in [0.1, 0.15) is 48.1 Å². The SMILES string of the molecule is CC1=CC(C)=C(c2ccc3ccccc3c2C[N-]c2c(C)cc(C)cc2C)C1.[Cl-].[Cl-].[Ti+3]. The summed E-state index contributed by atoms with van der Waals surface area (Å²) < 4.78 is 0. The van der Waals surface area contributed by atoms with E-state index in [1.54, 1.807) is 0 Å². The molecule has 3 aromatic carbocycles. The maximum atomic E-state index is 5.10. The number of benzene rings is 3. The van der Waals surface area contributed by atoms with Crippen molar-refractivity contribution >= 4 is 22.0 Å². The number of fused-ring (bicyclic) bond motifs is 1. The van der Waals surface area contributed by atoms with Crippen molar-refractivity contribution in [1.82, 2.24) is 0 Å². The second kappa shape index (κ2) is 11.4. The summed E-state index contributed by atoms with van der Waals surface area (Å²) in [4.78, 5) is 0. The summed E-state index contributed by atoms with van der Waals surface area (Å²) in [5.41, 5.74) is 11.9. The Kier molecular flexibility index (Phi) is 10.1. The Morgan fingerprint density at radius 2 is 1.48 bits per heavy atom. The first kappa shape index (κ1) is 27.5. The molecule has 1 aliphatic rings. The average Bonchev–Trinajstić information content (AvgIpc) is 2.98. The van der Waals surface area contributed by atoms with Crippen LogP contribution < -0.4 is 24.8 Å². The fourth-order valence-corrected chi connectivity index (χ4v) is 4.60. The van der Waals surface area contributed by atoms with E-state index in [1.807, 2.05) is 0 Å². The molecule has 3 aromatic rings. The van der Waals surface area contributed by atoms with Crippen LogP contribution in [0.2, 0.25) is 0 Å². The van der Waals surface area contributed by atoms with Crippen molar-refractivity contribution in [3.63, 3.8) is 0 Å². The first-order valence-corrected chi connectivity index (χ1v) is 10.1. The molecule has 0 N–H and O–H groups in total. The molecule has 4 heteroatoms. The summed E-state index contributed by atoms with van der Waals surface area (Å²) in [6, 6.07) is 17.7. The third-order valence-corrected chi connectivity index (χ3v) is 5.79. The van der Waals surface area contributed by atoms with E-state index < -0.39 is 0 Å². The Morgan fingerprint density at radius 1 is 0.839 bits per heavy atom. The number of allylic oxidation sites excluding steroid dienone is 4. The van der Waals surface area contributed by atoms with Crippen molar-refractivity contribution in [1.29, 1.82) is 0 Å². The molecule has 1 nitrogen and oxygen atoms in total. The third kappa shape index (κ3) is 5.65. The monoisotopic (exact) mass is 484 g/mol. The topological polar surface area (TPSA) is 14.1 Å². The minimum Gasteiger partial charge on any atom is -1.00 e. The van der Waals surface area contributed by atoms with Gasteiger partial charge in [-0.3, -0.25) is 0 Å². The molecule has 0 aliphatic heterocycles. The minimum atomic E-state index is 0. The number of hydrogen-bond acceptors (Lipinski definition) is 0. The van der Waals surface area contributed by atoms with Crippen LogP contribution in [0.5, 0.6) is 0 Å². The molecule has 0 fully saturated rings. The Labute approximate surface area is 214 Å². The zero-order chi connectivity index (χ0) is 19.8. The molecule has 0 spiro atoms. The van der Waals surface area contributed by atoms with Crippen LogP contribution in [0.4, 0.5) is 5.69 Å². The average molecular weight is 485 g/mol. The molecular weight excluding hydrogens is 457 g/mol. The first-order valence-electron chi connectivity index (χ1n) is 10.1. The zero-order valence-corrected chi connectivity index (χ0v) is 21.9. The van der Waals surface area contributed by atoms with Gasteiger partial charge in [-0.05, 0) is 68.5 Å². The maximum absolute atomic E-state index is 5.10. The number of aryl methyl sites for hydroxylation is 3. The molecule has 0 heterocycles. The predicted octanol–water partition coefficient (Wildman–Crippen LogP) is 2.10. The van der Waals surface area contributed by atoms with E-state index >= 15 is 0 Å². The van der Waals surface area contributed by atoms with Gasteiger partial charge in [-0.25, -0.2) is 0 Å².